The number of rotatable bonds is 6. The fourth-order valence-corrected chi connectivity index (χ4v) is 1.45. The molecule has 0 saturated heterocycles. The summed E-state index contributed by atoms with van der Waals surface area (Å²) in [6, 6.07) is 4.62. The predicted octanol–water partition coefficient (Wildman–Crippen LogP) is 3.40. The quantitative estimate of drug-likeness (QED) is 0.806. The van der Waals surface area contributed by atoms with Gasteiger partial charge in [0.05, 0.1) is 6.61 Å². The molecule has 0 aromatic heterocycles. The number of hydrogen-bond donors (Lipinski definition) is 1. The van der Waals surface area contributed by atoms with Gasteiger partial charge in [-0.2, -0.15) is 13.2 Å². The second kappa shape index (κ2) is 6.86. The molecule has 0 radical (unpaired) electrons. The molecule has 0 amide bonds. The topological polar surface area (TPSA) is 21.3 Å². The van der Waals surface area contributed by atoms with E-state index in [4.69, 9.17) is 0 Å². The molecule has 0 unspecified atom stereocenters. The van der Waals surface area contributed by atoms with Crippen LogP contribution >= 0.6 is 0 Å². The summed E-state index contributed by atoms with van der Waals surface area (Å²) in [6.45, 7) is 2.71. The van der Waals surface area contributed by atoms with Gasteiger partial charge in [0.15, 0.2) is 0 Å². The van der Waals surface area contributed by atoms with E-state index in [9.17, 15) is 17.6 Å². The Morgan fingerprint density at radius 2 is 1.95 bits per heavy atom. The van der Waals surface area contributed by atoms with Crippen molar-refractivity contribution in [2.75, 3.05) is 6.61 Å². The van der Waals surface area contributed by atoms with E-state index in [1.165, 1.54) is 12.1 Å². The third-order valence-corrected chi connectivity index (χ3v) is 2.35. The van der Waals surface area contributed by atoms with Crippen LogP contribution in [0.4, 0.5) is 17.6 Å². The Morgan fingerprint density at radius 1 is 1.26 bits per heavy atom. The van der Waals surface area contributed by atoms with E-state index in [0.29, 0.717) is 6.54 Å². The summed E-state index contributed by atoms with van der Waals surface area (Å²) in [5, 5.41) is 3.15. The maximum Gasteiger partial charge on any atom is 0.411 e. The standard InChI is InChI=1S/C13H17F4NO/c1-9(2)18-6-10-3-4-12(14)11(5-10)7-19-8-13(15,16)17/h3-5,9,18H,6-8H2,1-2H3. The summed E-state index contributed by atoms with van der Waals surface area (Å²) in [6.07, 6.45) is -4.40. The summed E-state index contributed by atoms with van der Waals surface area (Å²) in [7, 11) is 0. The van der Waals surface area contributed by atoms with E-state index in [0.717, 1.165) is 5.56 Å². The first-order valence-electron chi connectivity index (χ1n) is 5.93. The minimum Gasteiger partial charge on any atom is -0.367 e. The summed E-state index contributed by atoms with van der Waals surface area (Å²) < 4.78 is 53.6. The van der Waals surface area contributed by atoms with E-state index in [2.05, 4.69) is 10.1 Å². The smallest absolute Gasteiger partial charge is 0.367 e. The highest BCUT2D eigenvalue weighted by Crippen LogP contribution is 2.17. The van der Waals surface area contributed by atoms with Crippen LogP contribution in [-0.2, 0) is 17.9 Å². The van der Waals surface area contributed by atoms with Crippen LogP contribution in [0.15, 0.2) is 18.2 Å². The van der Waals surface area contributed by atoms with Gasteiger partial charge in [-0.3, -0.25) is 0 Å². The van der Waals surface area contributed by atoms with Crippen molar-refractivity contribution in [2.24, 2.45) is 0 Å². The summed E-state index contributed by atoms with van der Waals surface area (Å²) >= 11 is 0. The lowest BCUT2D eigenvalue weighted by Crippen LogP contribution is -2.22. The van der Waals surface area contributed by atoms with Gasteiger partial charge in [0, 0.05) is 18.2 Å². The van der Waals surface area contributed by atoms with E-state index >= 15 is 0 Å². The van der Waals surface area contributed by atoms with Crippen LogP contribution in [0.5, 0.6) is 0 Å². The zero-order chi connectivity index (χ0) is 14.5. The molecule has 0 atom stereocenters. The van der Waals surface area contributed by atoms with Crippen LogP contribution in [0.2, 0.25) is 0 Å². The minimum atomic E-state index is -4.40. The van der Waals surface area contributed by atoms with Crippen molar-refractivity contribution in [1.29, 1.82) is 0 Å². The maximum absolute atomic E-state index is 13.4. The molecule has 0 saturated carbocycles. The fourth-order valence-electron chi connectivity index (χ4n) is 1.45. The molecule has 108 valence electrons. The normalized spacial score (nSPS) is 12.2. The van der Waals surface area contributed by atoms with Gasteiger partial charge in [0.25, 0.3) is 0 Å². The van der Waals surface area contributed by atoms with Crippen LogP contribution in [0.3, 0.4) is 0 Å². The van der Waals surface area contributed by atoms with Crippen molar-refractivity contribution < 1.29 is 22.3 Å². The number of halogens is 4. The summed E-state index contributed by atoms with van der Waals surface area (Å²) in [5.41, 5.74) is 0.938. The van der Waals surface area contributed by atoms with Crippen LogP contribution in [0, 0.1) is 5.82 Å². The Kier molecular flexibility index (Phi) is 5.75. The molecular weight excluding hydrogens is 262 g/mol. The van der Waals surface area contributed by atoms with Gasteiger partial charge >= 0.3 is 6.18 Å². The van der Waals surface area contributed by atoms with Crippen LogP contribution in [0.25, 0.3) is 0 Å². The Bertz CT molecular complexity index is 404. The molecule has 0 heterocycles. The number of ether oxygens (including phenoxy) is 1. The zero-order valence-corrected chi connectivity index (χ0v) is 10.9. The van der Waals surface area contributed by atoms with Gasteiger partial charge in [0.2, 0.25) is 0 Å². The highest BCUT2D eigenvalue weighted by molar-refractivity contribution is 5.24. The van der Waals surface area contributed by atoms with Crippen molar-refractivity contribution in [3.63, 3.8) is 0 Å². The molecule has 1 N–H and O–H groups in total. The van der Waals surface area contributed by atoms with Crippen LogP contribution in [0.1, 0.15) is 25.0 Å². The molecule has 6 heteroatoms. The molecule has 0 bridgehead atoms. The van der Waals surface area contributed by atoms with Gasteiger partial charge in [-0.05, 0) is 17.7 Å². The Balaban J connectivity index is 2.59. The molecule has 0 aliphatic carbocycles. The second-order valence-corrected chi connectivity index (χ2v) is 4.57. The molecule has 0 aliphatic heterocycles. The lowest BCUT2D eigenvalue weighted by atomic mass is 10.1. The molecule has 1 rings (SSSR count). The Hall–Kier alpha value is -1.14. The van der Waals surface area contributed by atoms with Crippen molar-refractivity contribution in [3.8, 4) is 0 Å². The maximum atomic E-state index is 13.4. The molecule has 0 spiro atoms. The summed E-state index contributed by atoms with van der Waals surface area (Å²) in [5.74, 6) is -0.560. The third-order valence-electron chi connectivity index (χ3n) is 2.35. The first-order valence-corrected chi connectivity index (χ1v) is 5.93. The number of alkyl halides is 3. The average Bonchev–Trinajstić information content (AvgIpc) is 2.28. The van der Waals surface area contributed by atoms with Crippen LogP contribution in [-0.4, -0.2) is 18.8 Å². The van der Waals surface area contributed by atoms with Gasteiger partial charge in [0.1, 0.15) is 12.4 Å². The number of nitrogens with one attached hydrogen (secondary N) is 1. The average molecular weight is 279 g/mol. The lowest BCUT2D eigenvalue weighted by molar-refractivity contribution is -0.176. The second-order valence-electron chi connectivity index (χ2n) is 4.57. The Labute approximate surface area is 109 Å². The molecule has 2 nitrogen and oxygen atoms in total. The SMILES string of the molecule is CC(C)NCc1ccc(F)c(COCC(F)(F)F)c1. The largest absolute Gasteiger partial charge is 0.411 e. The van der Waals surface area contributed by atoms with Gasteiger partial charge < -0.3 is 10.1 Å². The number of benzene rings is 1. The third kappa shape index (κ3) is 6.54. The highest BCUT2D eigenvalue weighted by Gasteiger charge is 2.27. The minimum absolute atomic E-state index is 0.132. The van der Waals surface area contributed by atoms with E-state index in [1.807, 2.05) is 13.8 Å². The van der Waals surface area contributed by atoms with Gasteiger partial charge in [-0.15, -0.1) is 0 Å². The van der Waals surface area contributed by atoms with E-state index in [-0.39, 0.29) is 18.2 Å². The molecular formula is C13H17F4NO. The van der Waals surface area contributed by atoms with Gasteiger partial charge in [-0.1, -0.05) is 19.9 Å². The van der Waals surface area contributed by atoms with Crippen molar-refractivity contribution in [2.45, 2.75) is 39.2 Å². The van der Waals surface area contributed by atoms with Crippen molar-refractivity contribution in [1.82, 2.24) is 5.32 Å². The summed E-state index contributed by atoms with van der Waals surface area (Å²) in [4.78, 5) is 0. The van der Waals surface area contributed by atoms with Crippen molar-refractivity contribution >= 4 is 0 Å². The van der Waals surface area contributed by atoms with Crippen molar-refractivity contribution in [3.05, 3.63) is 35.1 Å². The monoisotopic (exact) mass is 279 g/mol. The van der Waals surface area contributed by atoms with Gasteiger partial charge in [-0.25, -0.2) is 4.39 Å². The lowest BCUT2D eigenvalue weighted by Gasteiger charge is -2.11. The van der Waals surface area contributed by atoms with E-state index < -0.39 is 18.6 Å². The Morgan fingerprint density at radius 3 is 2.53 bits per heavy atom. The van der Waals surface area contributed by atoms with E-state index in [1.54, 1.807) is 6.07 Å². The molecule has 0 aliphatic rings. The molecule has 0 fully saturated rings. The van der Waals surface area contributed by atoms with Crippen LogP contribution < -0.4 is 5.32 Å². The molecule has 1 aromatic carbocycles. The number of hydrogen-bond acceptors (Lipinski definition) is 2. The first-order chi connectivity index (χ1) is 8.78. The molecule has 19 heavy (non-hydrogen) atoms. The first kappa shape index (κ1) is 15.9. The highest BCUT2D eigenvalue weighted by atomic mass is 19.4. The zero-order valence-electron chi connectivity index (χ0n) is 10.9. The predicted molar refractivity (Wildman–Crippen MR) is 64.1 cm³/mol. The fraction of sp³-hybridized carbons (Fsp3) is 0.538. The molecule has 1 aromatic rings.